The lowest BCUT2D eigenvalue weighted by atomic mass is 10.1. The first kappa shape index (κ1) is 41.3. The molecule has 1 amide bonds. The van der Waals surface area contributed by atoms with E-state index in [4.69, 9.17) is 21.3 Å². The zero-order valence-electron chi connectivity index (χ0n) is 31.6. The van der Waals surface area contributed by atoms with Gasteiger partial charge in [-0.05, 0) is 71.8 Å². The van der Waals surface area contributed by atoms with E-state index in [9.17, 15) is 31.8 Å². The van der Waals surface area contributed by atoms with Crippen LogP contribution < -0.4 is 26.6 Å². The third kappa shape index (κ3) is 9.07. The Morgan fingerprint density at radius 2 is 1.10 bits per heavy atom. The topological polar surface area (TPSA) is 312 Å². The number of imidazole rings is 2. The number of sulfonamides is 2. The van der Waals surface area contributed by atoms with Gasteiger partial charge in [0, 0.05) is 49.0 Å². The first-order valence-electron chi connectivity index (χ1n) is 17.8. The molecule has 19 nitrogen and oxygen atoms in total. The fourth-order valence-corrected chi connectivity index (χ4v) is 7.19. The van der Waals surface area contributed by atoms with Gasteiger partial charge in [0.05, 0.1) is 44.7 Å². The number of primary sulfonamides is 2. The Morgan fingerprint density at radius 1 is 0.656 bits per heavy atom. The summed E-state index contributed by atoms with van der Waals surface area (Å²) < 4.78 is 49.1. The molecule has 0 atom stereocenters. The normalized spacial score (nSPS) is 11.4. The number of nitrogens with one attached hydrogen (secondary N) is 2. The van der Waals surface area contributed by atoms with E-state index in [0.29, 0.717) is 47.3 Å². The minimum atomic E-state index is -3.74. The van der Waals surface area contributed by atoms with E-state index >= 15 is 0 Å². The third-order valence-electron chi connectivity index (χ3n) is 9.25. The highest BCUT2D eigenvalue weighted by atomic mass is 32.2. The molecule has 21 heteroatoms. The van der Waals surface area contributed by atoms with Crippen molar-refractivity contribution in [2.24, 2.45) is 16.0 Å². The molecule has 0 aliphatic carbocycles. The van der Waals surface area contributed by atoms with Gasteiger partial charge in [0.1, 0.15) is 17.6 Å². The van der Waals surface area contributed by atoms with Crippen LogP contribution in [0.3, 0.4) is 0 Å². The number of nitrogens with zero attached hydrogens (tertiary/aromatic N) is 7. The molecule has 8 aromatic rings. The number of aromatic nitrogens is 6. The van der Waals surface area contributed by atoms with Crippen LogP contribution in [-0.4, -0.2) is 61.7 Å². The minimum Gasteiger partial charge on any atom is -0.507 e. The van der Waals surface area contributed by atoms with Crippen molar-refractivity contribution in [1.29, 1.82) is 5.26 Å². The summed E-state index contributed by atoms with van der Waals surface area (Å²) in [5.74, 6) is 0.0532. The van der Waals surface area contributed by atoms with Crippen LogP contribution in [0.15, 0.2) is 132 Å². The maximum atomic E-state index is 11.5. The highest BCUT2D eigenvalue weighted by Gasteiger charge is 2.16. The molecule has 0 fully saturated rings. The number of primary amides is 1. The smallest absolute Gasteiger partial charge is 0.252 e. The van der Waals surface area contributed by atoms with E-state index < -0.39 is 26.0 Å². The standard InChI is InChI=1S/C20H18N6O4S.C20H16N6O3S/c21-18(28)15-9-13(3-6-17(15)27)16-11-25-20-19(23-7-8-26(16)20)24-10-12-1-4-14(5-2-12)31(22,29)30;21-10-15-9-14(3-6-18(15)27)17-12-25-20-19(23-7-8-26(17)20)24-11-13-1-4-16(5-2-13)30(22,28)29/h1-9,11,27H,10H2,(H2,21,28)(H,23,24)(H2,22,29,30);1-9,12,27H,11H2,(H,23,24)(H2,22,28,29). The van der Waals surface area contributed by atoms with Gasteiger partial charge in [-0.1, -0.05) is 24.3 Å². The van der Waals surface area contributed by atoms with E-state index in [2.05, 4.69) is 30.6 Å². The lowest BCUT2D eigenvalue weighted by Gasteiger charge is -2.09. The molecule has 308 valence electrons. The Kier molecular flexibility index (Phi) is 11.3. The highest BCUT2D eigenvalue weighted by Crippen LogP contribution is 2.29. The fraction of sp³-hybridized carbons (Fsp3) is 0.0500. The molecular formula is C40H34N12O7S2. The largest absolute Gasteiger partial charge is 0.507 e. The van der Waals surface area contributed by atoms with Gasteiger partial charge in [0.25, 0.3) is 5.91 Å². The lowest BCUT2D eigenvalue weighted by Crippen LogP contribution is -2.12. The number of phenols is 2. The van der Waals surface area contributed by atoms with E-state index in [1.54, 1.807) is 84.0 Å². The zero-order valence-corrected chi connectivity index (χ0v) is 33.2. The summed E-state index contributed by atoms with van der Waals surface area (Å²) in [6.45, 7) is 0.780. The van der Waals surface area contributed by atoms with Gasteiger partial charge in [-0.3, -0.25) is 13.6 Å². The summed E-state index contributed by atoms with van der Waals surface area (Å²) in [6, 6.07) is 23.7. The minimum absolute atomic E-state index is 0.0165. The van der Waals surface area contributed by atoms with E-state index in [-0.39, 0.29) is 32.4 Å². The van der Waals surface area contributed by atoms with Crippen molar-refractivity contribution in [2.45, 2.75) is 22.9 Å². The average molecular weight is 859 g/mol. The summed E-state index contributed by atoms with van der Waals surface area (Å²) in [5.41, 5.74) is 11.1. The fourth-order valence-electron chi connectivity index (χ4n) is 6.16. The number of carbonyl (C=O) groups is 1. The lowest BCUT2D eigenvalue weighted by molar-refractivity contribution is 0.0997. The van der Waals surface area contributed by atoms with Gasteiger partial charge in [0.15, 0.2) is 22.9 Å². The SMILES string of the molecule is N#Cc1cc(-c2cnc3c(NCc4ccc(S(N)(=O)=O)cc4)nccn23)ccc1O.NC(=O)c1cc(-c2cnc3c(NCc4ccc(S(N)(=O)=O)cc4)nccn23)ccc1O. The predicted molar refractivity (Wildman–Crippen MR) is 224 cm³/mol. The van der Waals surface area contributed by atoms with Crippen molar-refractivity contribution in [3.8, 4) is 40.1 Å². The Morgan fingerprint density at radius 3 is 1.52 bits per heavy atom. The number of carbonyl (C=O) groups excluding carboxylic acids is 1. The molecule has 61 heavy (non-hydrogen) atoms. The first-order valence-corrected chi connectivity index (χ1v) is 20.9. The van der Waals surface area contributed by atoms with Crippen molar-refractivity contribution in [3.05, 3.63) is 144 Å². The number of rotatable bonds is 11. The van der Waals surface area contributed by atoms with Crippen LogP contribution in [0, 0.1) is 11.3 Å². The average Bonchev–Trinajstić information content (AvgIpc) is 3.88. The Balaban J connectivity index is 0.000000184. The number of fused-ring (bicyclic) bond motifs is 2. The van der Waals surface area contributed by atoms with Gasteiger partial charge in [-0.15, -0.1) is 0 Å². The van der Waals surface area contributed by atoms with Gasteiger partial charge in [-0.25, -0.2) is 47.0 Å². The van der Waals surface area contributed by atoms with E-state index in [1.807, 2.05) is 10.5 Å². The number of nitrogens with two attached hydrogens (primary N) is 3. The molecule has 0 saturated heterocycles. The molecule has 0 saturated carbocycles. The van der Waals surface area contributed by atoms with Crippen LogP contribution in [0.5, 0.6) is 11.5 Å². The molecule has 0 bridgehead atoms. The molecule has 0 unspecified atom stereocenters. The summed E-state index contributed by atoms with van der Waals surface area (Å²) in [6.07, 6.45) is 9.98. The van der Waals surface area contributed by atoms with Crippen LogP contribution in [0.4, 0.5) is 11.6 Å². The summed E-state index contributed by atoms with van der Waals surface area (Å²) in [7, 11) is -7.47. The predicted octanol–water partition coefficient (Wildman–Crippen LogP) is 3.69. The number of aromatic hydroxyl groups is 2. The number of amides is 1. The highest BCUT2D eigenvalue weighted by molar-refractivity contribution is 7.89. The molecule has 0 aliphatic rings. The number of hydrogen-bond acceptors (Lipinski definition) is 14. The monoisotopic (exact) mass is 858 g/mol. The molecular weight excluding hydrogens is 825 g/mol. The van der Waals surface area contributed by atoms with Crippen LogP contribution in [0.1, 0.15) is 27.0 Å². The molecule has 0 radical (unpaired) electrons. The van der Waals surface area contributed by atoms with Crippen LogP contribution in [-0.2, 0) is 33.1 Å². The van der Waals surface area contributed by atoms with Crippen molar-refractivity contribution in [3.63, 3.8) is 0 Å². The second-order valence-electron chi connectivity index (χ2n) is 13.3. The molecule has 0 spiro atoms. The summed E-state index contributed by atoms with van der Waals surface area (Å²) in [4.78, 5) is 29.1. The van der Waals surface area contributed by atoms with E-state index in [1.165, 1.54) is 42.5 Å². The second kappa shape index (κ2) is 16.8. The van der Waals surface area contributed by atoms with Crippen molar-refractivity contribution < 1.29 is 31.8 Å². The molecule has 4 heterocycles. The van der Waals surface area contributed by atoms with Gasteiger partial charge in [0.2, 0.25) is 20.0 Å². The molecule has 8 rings (SSSR count). The summed E-state index contributed by atoms with van der Waals surface area (Å²) >= 11 is 0. The quantitative estimate of drug-likeness (QED) is 0.0976. The van der Waals surface area contributed by atoms with Crippen LogP contribution >= 0.6 is 0 Å². The molecule has 0 aliphatic heterocycles. The van der Waals surface area contributed by atoms with Crippen molar-refractivity contribution >= 4 is 48.9 Å². The maximum Gasteiger partial charge on any atom is 0.252 e. The van der Waals surface area contributed by atoms with Crippen molar-refractivity contribution in [1.82, 2.24) is 28.7 Å². The summed E-state index contributed by atoms with van der Waals surface area (Å²) in [5, 5.41) is 45.3. The molecule has 4 aromatic heterocycles. The second-order valence-corrected chi connectivity index (χ2v) is 16.4. The Bertz CT molecular complexity index is 3220. The zero-order chi connectivity index (χ0) is 43.5. The maximum absolute atomic E-state index is 11.5. The molecule has 10 N–H and O–H groups in total. The molecule has 4 aromatic carbocycles. The van der Waals surface area contributed by atoms with Crippen LogP contribution in [0.25, 0.3) is 33.8 Å². The van der Waals surface area contributed by atoms with Gasteiger partial charge < -0.3 is 26.6 Å². The number of anilines is 2. The number of hydrogen-bond donors (Lipinski definition) is 7. The Hall–Kier alpha value is -7.90. The van der Waals surface area contributed by atoms with Gasteiger partial charge >= 0.3 is 0 Å². The first-order chi connectivity index (χ1) is 29.1. The number of benzene rings is 4. The van der Waals surface area contributed by atoms with Crippen LogP contribution in [0.2, 0.25) is 0 Å². The van der Waals surface area contributed by atoms with E-state index in [0.717, 1.165) is 22.4 Å². The third-order valence-corrected chi connectivity index (χ3v) is 11.1. The van der Waals surface area contributed by atoms with Crippen molar-refractivity contribution in [2.75, 3.05) is 10.6 Å². The number of nitriles is 1. The number of phenolic OH excluding ortho intramolecular Hbond substituents is 1. The van der Waals surface area contributed by atoms with Gasteiger partial charge in [-0.2, -0.15) is 5.26 Å². The Labute approximate surface area is 347 Å².